The third-order valence-electron chi connectivity index (χ3n) is 20.1. The Morgan fingerprint density at radius 3 is 0.756 bits per heavy atom. The molecule has 0 aliphatic heterocycles. The fourth-order valence-corrected chi connectivity index (χ4v) is 13.7. The van der Waals surface area contributed by atoms with Crippen LogP contribution in [0.5, 0.6) is 0 Å². The summed E-state index contributed by atoms with van der Waals surface area (Å²) in [5, 5.41) is 23.3. The monoisotopic (exact) mass is 1270 g/mol. The highest BCUT2D eigenvalue weighted by molar-refractivity contribution is 5.76. The number of nitrogens with one attached hydrogen (secondary N) is 1. The number of unbranched alkanes of at least 4 members (excludes halogenated alkanes) is 69. The molecule has 0 aliphatic carbocycles. The zero-order valence-corrected chi connectivity index (χ0v) is 61.7. The van der Waals surface area contributed by atoms with Gasteiger partial charge in [0.1, 0.15) is 0 Å². The van der Waals surface area contributed by atoms with Gasteiger partial charge in [0.25, 0.3) is 0 Å². The third-order valence-corrected chi connectivity index (χ3v) is 20.1. The first-order valence-corrected chi connectivity index (χ1v) is 42.0. The van der Waals surface area contributed by atoms with Crippen LogP contribution in [0.4, 0.5) is 0 Å². The second-order valence-electron chi connectivity index (χ2n) is 29.2. The van der Waals surface area contributed by atoms with Crippen molar-refractivity contribution in [3.05, 3.63) is 12.2 Å². The van der Waals surface area contributed by atoms with Gasteiger partial charge in [-0.05, 0) is 32.1 Å². The number of ether oxygens (including phenoxy) is 1. The smallest absolute Gasteiger partial charge is 0.305 e. The molecule has 0 spiro atoms. The molecule has 536 valence electrons. The van der Waals surface area contributed by atoms with Crippen LogP contribution in [0.15, 0.2) is 12.2 Å². The number of allylic oxidation sites excluding steroid dienone is 1. The number of rotatable bonds is 80. The van der Waals surface area contributed by atoms with Crippen molar-refractivity contribution < 1.29 is 24.5 Å². The van der Waals surface area contributed by atoms with Crippen LogP contribution in [0.3, 0.4) is 0 Å². The molecule has 0 saturated carbocycles. The van der Waals surface area contributed by atoms with Crippen molar-refractivity contribution in [2.24, 2.45) is 0 Å². The van der Waals surface area contributed by atoms with E-state index in [1.807, 2.05) is 6.08 Å². The molecule has 0 aromatic rings. The van der Waals surface area contributed by atoms with Crippen LogP contribution >= 0.6 is 0 Å². The van der Waals surface area contributed by atoms with E-state index in [2.05, 4.69) is 19.2 Å². The molecule has 1 amide bonds. The fourth-order valence-electron chi connectivity index (χ4n) is 13.7. The van der Waals surface area contributed by atoms with E-state index < -0.39 is 12.1 Å². The van der Waals surface area contributed by atoms with Gasteiger partial charge in [0.2, 0.25) is 5.91 Å². The van der Waals surface area contributed by atoms with Gasteiger partial charge in [-0.2, -0.15) is 0 Å². The highest BCUT2D eigenvalue weighted by atomic mass is 16.5. The second-order valence-corrected chi connectivity index (χ2v) is 29.2. The van der Waals surface area contributed by atoms with Gasteiger partial charge in [-0.3, -0.25) is 9.59 Å². The fraction of sp³-hybridized carbons (Fsp3) is 0.952. The molecule has 0 aromatic carbocycles. The minimum absolute atomic E-state index is 0.0258. The number of esters is 1. The van der Waals surface area contributed by atoms with Gasteiger partial charge in [-0.15, -0.1) is 0 Å². The summed E-state index contributed by atoms with van der Waals surface area (Å²) in [5.74, 6) is -0.0312. The van der Waals surface area contributed by atoms with Gasteiger partial charge in [0.15, 0.2) is 0 Å². The van der Waals surface area contributed by atoms with Crippen LogP contribution in [-0.2, 0) is 14.3 Å². The number of amides is 1. The Morgan fingerprint density at radius 1 is 0.300 bits per heavy atom. The zero-order chi connectivity index (χ0) is 64.9. The lowest BCUT2D eigenvalue weighted by Gasteiger charge is -2.20. The molecule has 0 heterocycles. The van der Waals surface area contributed by atoms with Crippen LogP contribution < -0.4 is 5.32 Å². The lowest BCUT2D eigenvalue weighted by molar-refractivity contribution is -0.143. The highest BCUT2D eigenvalue weighted by Crippen LogP contribution is 2.21. The van der Waals surface area contributed by atoms with Gasteiger partial charge >= 0.3 is 5.97 Å². The molecule has 0 fully saturated rings. The molecule has 90 heavy (non-hydrogen) atoms. The molecule has 3 N–H and O–H groups in total. The van der Waals surface area contributed by atoms with Crippen LogP contribution in [0, 0.1) is 0 Å². The first-order chi connectivity index (χ1) is 44.5. The first kappa shape index (κ1) is 88.6. The van der Waals surface area contributed by atoms with Crippen molar-refractivity contribution in [3.8, 4) is 0 Å². The maximum atomic E-state index is 12.6. The second kappa shape index (κ2) is 80.0. The third kappa shape index (κ3) is 75.6. The van der Waals surface area contributed by atoms with Crippen LogP contribution in [0.1, 0.15) is 489 Å². The Kier molecular flexibility index (Phi) is 78.8. The molecular formula is C84H165NO5. The highest BCUT2D eigenvalue weighted by Gasteiger charge is 2.18. The number of aliphatic hydroxyl groups excluding tert-OH is 2. The van der Waals surface area contributed by atoms with Gasteiger partial charge in [-0.1, -0.05) is 456 Å². The molecule has 0 rings (SSSR count). The Morgan fingerprint density at radius 2 is 0.511 bits per heavy atom. The lowest BCUT2D eigenvalue weighted by Crippen LogP contribution is -2.45. The van der Waals surface area contributed by atoms with E-state index in [9.17, 15) is 19.8 Å². The van der Waals surface area contributed by atoms with E-state index >= 15 is 0 Å². The molecule has 0 radical (unpaired) electrons. The summed E-state index contributed by atoms with van der Waals surface area (Å²) < 4.78 is 5.51. The van der Waals surface area contributed by atoms with Gasteiger partial charge < -0.3 is 20.3 Å². The molecule has 0 bridgehead atoms. The van der Waals surface area contributed by atoms with E-state index in [-0.39, 0.29) is 18.5 Å². The van der Waals surface area contributed by atoms with E-state index in [0.717, 1.165) is 38.5 Å². The number of hydrogen-bond acceptors (Lipinski definition) is 5. The van der Waals surface area contributed by atoms with Crippen molar-refractivity contribution >= 4 is 11.9 Å². The SMILES string of the molecule is CCCCCCCCCCCCCCCCCCCCCCCCC/C=C/C(O)C(CO)NC(=O)CCCCCCCCCCCCCCCCCCCCCCCCCCCCCCCCCCCOC(=O)CCCCCCCCCCCCCCCCC. The summed E-state index contributed by atoms with van der Waals surface area (Å²) in [6, 6.07) is -0.625. The quantitative estimate of drug-likeness (QED) is 0.0320. The topological polar surface area (TPSA) is 95.9 Å². The first-order valence-electron chi connectivity index (χ1n) is 42.0. The largest absolute Gasteiger partial charge is 0.466 e. The van der Waals surface area contributed by atoms with Crippen molar-refractivity contribution in [2.45, 2.75) is 501 Å². The Labute approximate surface area is 565 Å². The summed E-state index contributed by atoms with van der Waals surface area (Å²) >= 11 is 0. The predicted molar refractivity (Wildman–Crippen MR) is 398 cm³/mol. The average molecular weight is 1270 g/mol. The van der Waals surface area contributed by atoms with Gasteiger partial charge in [0, 0.05) is 12.8 Å². The molecule has 2 atom stereocenters. The van der Waals surface area contributed by atoms with Crippen molar-refractivity contribution in [1.82, 2.24) is 5.32 Å². The number of aliphatic hydroxyl groups is 2. The summed E-state index contributed by atoms with van der Waals surface area (Å²) in [4.78, 5) is 24.7. The normalized spacial score (nSPS) is 12.4. The summed E-state index contributed by atoms with van der Waals surface area (Å²) in [7, 11) is 0. The average Bonchev–Trinajstić information content (AvgIpc) is 3.55. The van der Waals surface area contributed by atoms with Crippen LogP contribution in [0.2, 0.25) is 0 Å². The van der Waals surface area contributed by atoms with E-state index in [1.54, 1.807) is 6.08 Å². The number of carbonyl (C=O) groups excluding carboxylic acids is 2. The van der Waals surface area contributed by atoms with Crippen LogP contribution in [-0.4, -0.2) is 47.4 Å². The van der Waals surface area contributed by atoms with Crippen LogP contribution in [0.25, 0.3) is 0 Å². The Bertz CT molecular complexity index is 1370. The van der Waals surface area contributed by atoms with Gasteiger partial charge in [0.05, 0.1) is 25.4 Å². The van der Waals surface area contributed by atoms with Crippen molar-refractivity contribution in [1.29, 1.82) is 0 Å². The maximum absolute atomic E-state index is 12.6. The van der Waals surface area contributed by atoms with E-state index in [1.165, 1.54) is 424 Å². The molecular weight excluding hydrogens is 1100 g/mol. The minimum atomic E-state index is -0.842. The number of carbonyl (C=O) groups is 2. The zero-order valence-electron chi connectivity index (χ0n) is 61.7. The van der Waals surface area contributed by atoms with Gasteiger partial charge in [-0.25, -0.2) is 0 Å². The van der Waals surface area contributed by atoms with E-state index in [0.29, 0.717) is 19.4 Å². The Hall–Kier alpha value is -1.40. The maximum Gasteiger partial charge on any atom is 0.305 e. The van der Waals surface area contributed by atoms with E-state index in [4.69, 9.17) is 4.74 Å². The minimum Gasteiger partial charge on any atom is -0.466 e. The van der Waals surface area contributed by atoms with Crippen molar-refractivity contribution in [3.63, 3.8) is 0 Å². The molecule has 0 aliphatic rings. The predicted octanol–water partition coefficient (Wildman–Crippen LogP) is 27.8. The van der Waals surface area contributed by atoms with Crippen molar-refractivity contribution in [2.75, 3.05) is 13.2 Å². The molecule has 0 aromatic heterocycles. The summed E-state index contributed by atoms with van der Waals surface area (Å²) in [5.41, 5.74) is 0. The summed E-state index contributed by atoms with van der Waals surface area (Å²) in [6.45, 7) is 4.97. The summed E-state index contributed by atoms with van der Waals surface area (Å²) in [6.07, 6.45) is 102. The standard InChI is InChI=1S/C84H165NO5/c1-3-5-7-9-11-13-15-17-19-20-21-22-23-33-36-39-42-45-49-52-56-60-64-68-72-76-82(87)81(80-86)85-83(88)77-73-69-65-61-57-53-50-46-43-40-37-34-31-29-27-25-24-26-28-30-32-35-38-41-44-47-51-55-59-63-67-71-75-79-90-84(89)78-74-70-66-62-58-54-48-18-16-14-12-10-8-6-4-2/h72,76,81-82,86-87H,3-71,73-75,77-80H2,1-2H3,(H,85,88)/b76-72+. The molecule has 0 saturated heterocycles. The Balaban J connectivity index is 3.34. The molecule has 2 unspecified atom stereocenters. The molecule has 6 nitrogen and oxygen atoms in total. The number of hydrogen-bond donors (Lipinski definition) is 3. The molecule has 6 heteroatoms. The lowest BCUT2D eigenvalue weighted by atomic mass is 10.0.